The molecule has 3 aliphatic carbocycles. The van der Waals surface area contributed by atoms with Crippen LogP contribution >= 0.6 is 0 Å². The average molecular weight is 360 g/mol. The largest absolute Gasteiger partial charge is 0.461 e. The molecule has 3 rings (SSSR count). The predicted octanol–water partition coefficient (Wildman–Crippen LogP) is 3.83. The SMILES string of the molecule is CC(=O)O[C@H]1[C@@H]2C(C)=CC=C[C@]2(C)C(=O)C[C@@H]2[C@]1(C)CC[C@@]2(O)C(C)C. The Balaban J connectivity index is 2.20. The molecule has 0 aromatic heterocycles. The number of carbonyl (C=O) groups excluding carboxylic acids is 2. The average Bonchev–Trinajstić information content (AvgIpc) is 2.76. The van der Waals surface area contributed by atoms with Crippen molar-refractivity contribution >= 4 is 11.8 Å². The second-order valence-electron chi connectivity index (χ2n) is 9.39. The number of carbonyl (C=O) groups is 2. The summed E-state index contributed by atoms with van der Waals surface area (Å²) in [6, 6.07) is 0. The van der Waals surface area contributed by atoms with Gasteiger partial charge in [0.2, 0.25) is 0 Å². The second kappa shape index (κ2) is 6.05. The van der Waals surface area contributed by atoms with Crippen molar-refractivity contribution in [2.24, 2.45) is 28.6 Å². The lowest BCUT2D eigenvalue weighted by atomic mass is 9.62. The maximum Gasteiger partial charge on any atom is 0.302 e. The minimum Gasteiger partial charge on any atom is -0.461 e. The summed E-state index contributed by atoms with van der Waals surface area (Å²) in [5.74, 6) is -0.545. The van der Waals surface area contributed by atoms with E-state index >= 15 is 0 Å². The van der Waals surface area contributed by atoms with E-state index in [-0.39, 0.29) is 29.5 Å². The minimum absolute atomic E-state index is 0.0419. The number of rotatable bonds is 2. The summed E-state index contributed by atoms with van der Waals surface area (Å²) in [7, 11) is 0. The second-order valence-corrected chi connectivity index (χ2v) is 9.39. The van der Waals surface area contributed by atoms with Crippen molar-refractivity contribution in [3.63, 3.8) is 0 Å². The molecule has 26 heavy (non-hydrogen) atoms. The number of ether oxygens (including phenoxy) is 1. The molecule has 144 valence electrons. The topological polar surface area (TPSA) is 63.6 Å². The van der Waals surface area contributed by atoms with Gasteiger partial charge in [0.1, 0.15) is 11.9 Å². The fourth-order valence-electron chi connectivity index (χ4n) is 5.90. The van der Waals surface area contributed by atoms with Crippen LogP contribution in [-0.2, 0) is 14.3 Å². The van der Waals surface area contributed by atoms with Gasteiger partial charge in [0.15, 0.2) is 0 Å². The molecule has 4 heteroatoms. The molecule has 0 aromatic rings. The van der Waals surface area contributed by atoms with Crippen molar-refractivity contribution < 1.29 is 19.4 Å². The minimum atomic E-state index is -0.909. The van der Waals surface area contributed by atoms with E-state index in [9.17, 15) is 14.7 Å². The molecular formula is C22H32O4. The van der Waals surface area contributed by atoms with Gasteiger partial charge in [-0.05, 0) is 32.6 Å². The van der Waals surface area contributed by atoms with E-state index < -0.39 is 22.5 Å². The lowest BCUT2D eigenvalue weighted by molar-refractivity contribution is -0.164. The van der Waals surface area contributed by atoms with Crippen molar-refractivity contribution in [3.8, 4) is 0 Å². The van der Waals surface area contributed by atoms with Crippen molar-refractivity contribution in [3.05, 3.63) is 23.8 Å². The Labute approximate surface area is 156 Å². The zero-order valence-electron chi connectivity index (χ0n) is 16.8. The molecule has 2 fully saturated rings. The van der Waals surface area contributed by atoms with E-state index in [1.54, 1.807) is 0 Å². The molecule has 0 bridgehead atoms. The van der Waals surface area contributed by atoms with Crippen molar-refractivity contribution in [1.29, 1.82) is 0 Å². The first-order valence-corrected chi connectivity index (χ1v) is 9.75. The van der Waals surface area contributed by atoms with E-state index in [0.29, 0.717) is 12.8 Å². The highest BCUT2D eigenvalue weighted by atomic mass is 16.5. The Morgan fingerprint density at radius 1 is 1.31 bits per heavy atom. The van der Waals surface area contributed by atoms with Crippen LogP contribution in [0.2, 0.25) is 0 Å². The number of hydrogen-bond acceptors (Lipinski definition) is 4. The molecule has 0 aromatic carbocycles. The highest BCUT2D eigenvalue weighted by molar-refractivity contribution is 5.88. The Kier molecular flexibility index (Phi) is 4.50. The van der Waals surface area contributed by atoms with Gasteiger partial charge in [-0.2, -0.15) is 0 Å². The van der Waals surface area contributed by atoms with Crippen LogP contribution in [0.15, 0.2) is 23.8 Å². The summed E-state index contributed by atoms with van der Waals surface area (Å²) in [5.41, 5.74) is -0.974. The summed E-state index contributed by atoms with van der Waals surface area (Å²) < 4.78 is 5.94. The molecule has 0 aliphatic heterocycles. The monoisotopic (exact) mass is 360 g/mol. The number of Topliss-reactive ketones (excluding diaryl/α,β-unsaturated/α-hetero) is 1. The number of esters is 1. The van der Waals surface area contributed by atoms with Crippen LogP contribution in [0.3, 0.4) is 0 Å². The molecule has 4 nitrogen and oxygen atoms in total. The fraction of sp³-hybridized carbons (Fsp3) is 0.727. The standard InChI is InChI=1S/C22H32O4/c1-13(2)22(25)11-10-20(5)16(22)12-17(24)21(6)9-7-8-14(3)18(21)19(20)26-15(4)23/h7-9,13,16,18-19,25H,10-12H2,1-6H3/t16-,18+,19+,20+,21-,22-/m1/s1. The van der Waals surface area contributed by atoms with E-state index in [1.807, 2.05) is 45.9 Å². The van der Waals surface area contributed by atoms with E-state index in [2.05, 4.69) is 6.92 Å². The number of hydrogen-bond donors (Lipinski definition) is 1. The van der Waals surface area contributed by atoms with Crippen LogP contribution in [0.25, 0.3) is 0 Å². The summed E-state index contributed by atoms with van der Waals surface area (Å²) in [6.45, 7) is 11.6. The van der Waals surface area contributed by atoms with Gasteiger partial charge < -0.3 is 9.84 Å². The molecule has 0 radical (unpaired) electrons. The predicted molar refractivity (Wildman–Crippen MR) is 100 cm³/mol. The number of allylic oxidation sites excluding steroid dienone is 3. The first kappa shape index (κ1) is 19.3. The van der Waals surface area contributed by atoms with Crippen LogP contribution in [0, 0.1) is 28.6 Å². The third kappa shape index (κ3) is 2.52. The molecule has 0 spiro atoms. The van der Waals surface area contributed by atoms with Crippen LogP contribution < -0.4 is 0 Å². The first-order chi connectivity index (χ1) is 12.0. The lowest BCUT2D eigenvalue weighted by Gasteiger charge is -2.46. The zero-order chi connectivity index (χ0) is 19.5. The summed E-state index contributed by atoms with van der Waals surface area (Å²) in [6.07, 6.45) is 7.21. The van der Waals surface area contributed by atoms with Gasteiger partial charge in [0.25, 0.3) is 0 Å². The Morgan fingerprint density at radius 3 is 2.54 bits per heavy atom. The van der Waals surface area contributed by atoms with Gasteiger partial charge in [-0.3, -0.25) is 9.59 Å². The Hall–Kier alpha value is -1.42. The molecule has 0 heterocycles. The van der Waals surface area contributed by atoms with E-state index in [4.69, 9.17) is 4.74 Å². The quantitative estimate of drug-likeness (QED) is 0.760. The molecule has 0 unspecified atom stereocenters. The van der Waals surface area contributed by atoms with Crippen LogP contribution in [-0.4, -0.2) is 28.6 Å². The van der Waals surface area contributed by atoms with Gasteiger partial charge in [0.05, 0.1) is 11.0 Å². The summed E-state index contributed by atoms with van der Waals surface area (Å²) in [5, 5.41) is 11.5. The van der Waals surface area contributed by atoms with Gasteiger partial charge in [-0.15, -0.1) is 0 Å². The van der Waals surface area contributed by atoms with Crippen LogP contribution in [0.4, 0.5) is 0 Å². The first-order valence-electron chi connectivity index (χ1n) is 9.75. The number of ketones is 1. The van der Waals surface area contributed by atoms with Gasteiger partial charge >= 0.3 is 5.97 Å². The maximum absolute atomic E-state index is 13.4. The third-order valence-electron chi connectivity index (χ3n) is 7.64. The normalized spacial score (nSPS) is 45.0. The molecule has 0 amide bonds. The molecule has 3 aliphatic rings. The highest BCUT2D eigenvalue weighted by Gasteiger charge is 2.66. The van der Waals surface area contributed by atoms with E-state index in [0.717, 1.165) is 12.0 Å². The van der Waals surface area contributed by atoms with Gasteiger partial charge in [0, 0.05) is 30.6 Å². The molecule has 1 N–H and O–H groups in total. The summed E-state index contributed by atoms with van der Waals surface area (Å²) in [4.78, 5) is 25.4. The highest BCUT2D eigenvalue weighted by Crippen LogP contribution is 2.62. The zero-order valence-corrected chi connectivity index (χ0v) is 16.8. The molecular weight excluding hydrogens is 328 g/mol. The van der Waals surface area contributed by atoms with Gasteiger partial charge in [-0.1, -0.05) is 44.6 Å². The van der Waals surface area contributed by atoms with E-state index in [1.165, 1.54) is 6.92 Å². The maximum atomic E-state index is 13.4. The molecule has 2 saturated carbocycles. The fourth-order valence-corrected chi connectivity index (χ4v) is 5.90. The van der Waals surface area contributed by atoms with Gasteiger partial charge in [-0.25, -0.2) is 0 Å². The molecule has 6 atom stereocenters. The smallest absolute Gasteiger partial charge is 0.302 e. The molecule has 0 saturated heterocycles. The van der Waals surface area contributed by atoms with Crippen LogP contribution in [0.5, 0.6) is 0 Å². The summed E-state index contributed by atoms with van der Waals surface area (Å²) >= 11 is 0. The van der Waals surface area contributed by atoms with Crippen molar-refractivity contribution in [2.75, 3.05) is 0 Å². The van der Waals surface area contributed by atoms with Crippen molar-refractivity contribution in [1.82, 2.24) is 0 Å². The van der Waals surface area contributed by atoms with Crippen LogP contribution in [0.1, 0.15) is 60.8 Å². The Morgan fingerprint density at radius 2 is 1.96 bits per heavy atom. The number of aliphatic hydroxyl groups is 1. The Bertz CT molecular complexity index is 690. The third-order valence-corrected chi connectivity index (χ3v) is 7.64. The number of fused-ring (bicyclic) bond motifs is 2. The van der Waals surface area contributed by atoms with Crippen molar-refractivity contribution in [2.45, 2.75) is 72.5 Å². The lowest BCUT2D eigenvalue weighted by Crippen LogP contribution is -2.50.